The quantitative estimate of drug-likeness (QED) is 0.519. The van der Waals surface area contributed by atoms with Crippen LogP contribution in [0.15, 0.2) is 73.1 Å². The molecule has 0 fully saturated rings. The second-order valence-electron chi connectivity index (χ2n) is 5.66. The van der Waals surface area contributed by atoms with E-state index in [2.05, 4.69) is 20.2 Å². The van der Waals surface area contributed by atoms with Crippen molar-refractivity contribution in [2.24, 2.45) is 0 Å². The van der Waals surface area contributed by atoms with E-state index < -0.39 is 0 Å². The molecule has 26 heavy (non-hydrogen) atoms. The Bertz CT molecular complexity index is 1020. The van der Waals surface area contributed by atoms with E-state index in [0.717, 1.165) is 28.1 Å². The molecule has 0 amide bonds. The number of nitrogens with zero attached hydrogens (tertiary/aromatic N) is 3. The average Bonchev–Trinajstić information content (AvgIpc) is 3.17. The minimum atomic E-state index is 0.203. The molecule has 0 aliphatic heterocycles. The Balaban J connectivity index is 1.60. The summed E-state index contributed by atoms with van der Waals surface area (Å²) in [6.07, 6.45) is 3.42. The summed E-state index contributed by atoms with van der Waals surface area (Å²) in [7, 11) is 0. The minimum absolute atomic E-state index is 0.203. The number of aromatic amines is 1. The Morgan fingerprint density at radius 3 is 2.73 bits per heavy atom. The van der Waals surface area contributed by atoms with Crippen LogP contribution in [0.2, 0.25) is 5.28 Å². The van der Waals surface area contributed by atoms with Crippen LogP contribution >= 0.6 is 11.6 Å². The van der Waals surface area contributed by atoms with Crippen LogP contribution in [0.1, 0.15) is 5.56 Å². The highest BCUT2D eigenvalue weighted by Crippen LogP contribution is 2.31. The Labute approximate surface area is 155 Å². The zero-order valence-electron chi connectivity index (χ0n) is 13.8. The maximum atomic E-state index is 5.91. The van der Waals surface area contributed by atoms with Gasteiger partial charge in [-0.05, 0) is 35.4 Å². The van der Waals surface area contributed by atoms with Gasteiger partial charge in [0, 0.05) is 23.5 Å². The number of hydrogen-bond donors (Lipinski definition) is 1. The molecule has 6 heteroatoms. The number of ether oxygens (including phenoxy) is 1. The van der Waals surface area contributed by atoms with E-state index in [0.29, 0.717) is 12.3 Å². The molecule has 0 atom stereocenters. The number of halogens is 1. The molecule has 0 aliphatic carbocycles. The third-order valence-corrected chi connectivity index (χ3v) is 4.08. The van der Waals surface area contributed by atoms with Gasteiger partial charge >= 0.3 is 0 Å². The number of benzene rings is 2. The third-order valence-electron chi connectivity index (χ3n) is 3.90. The highest BCUT2D eigenvalue weighted by molar-refractivity contribution is 6.28. The van der Waals surface area contributed by atoms with Crippen molar-refractivity contribution in [1.29, 1.82) is 0 Å². The van der Waals surface area contributed by atoms with Gasteiger partial charge in [0.15, 0.2) is 0 Å². The summed E-state index contributed by atoms with van der Waals surface area (Å²) in [5.41, 5.74) is 4.40. The third kappa shape index (κ3) is 3.58. The fourth-order valence-corrected chi connectivity index (χ4v) is 2.81. The standard InChI is InChI=1S/C20H15ClN4O/c21-20-22-10-9-18(24-20)17-12-23-25-19(17)15-7-4-8-16(11-15)26-13-14-5-2-1-3-6-14/h1-12H,13H2,(H,23,25). The summed E-state index contributed by atoms with van der Waals surface area (Å²) < 4.78 is 5.91. The first-order valence-corrected chi connectivity index (χ1v) is 8.47. The number of aromatic nitrogens is 4. The summed E-state index contributed by atoms with van der Waals surface area (Å²) >= 11 is 5.91. The first-order valence-electron chi connectivity index (χ1n) is 8.09. The van der Waals surface area contributed by atoms with Crippen LogP contribution in [0.3, 0.4) is 0 Å². The van der Waals surface area contributed by atoms with Gasteiger partial charge in [0.05, 0.1) is 5.69 Å². The molecule has 0 aliphatic rings. The largest absolute Gasteiger partial charge is 0.489 e. The first-order chi connectivity index (χ1) is 12.8. The smallest absolute Gasteiger partial charge is 0.222 e. The second-order valence-corrected chi connectivity index (χ2v) is 6.00. The summed E-state index contributed by atoms with van der Waals surface area (Å²) in [6, 6.07) is 19.7. The second kappa shape index (κ2) is 7.37. The predicted octanol–water partition coefficient (Wildman–Crippen LogP) is 4.77. The van der Waals surface area contributed by atoms with Crippen molar-refractivity contribution >= 4 is 11.6 Å². The predicted molar refractivity (Wildman–Crippen MR) is 101 cm³/mol. The van der Waals surface area contributed by atoms with Crippen molar-refractivity contribution in [3.63, 3.8) is 0 Å². The van der Waals surface area contributed by atoms with Crippen molar-refractivity contribution in [2.45, 2.75) is 6.61 Å². The highest BCUT2D eigenvalue weighted by atomic mass is 35.5. The van der Waals surface area contributed by atoms with E-state index in [1.54, 1.807) is 18.5 Å². The fraction of sp³-hybridized carbons (Fsp3) is 0.0500. The van der Waals surface area contributed by atoms with Crippen molar-refractivity contribution in [3.05, 3.63) is 83.9 Å². The molecule has 1 N–H and O–H groups in total. The lowest BCUT2D eigenvalue weighted by atomic mass is 10.1. The summed E-state index contributed by atoms with van der Waals surface area (Å²) in [5.74, 6) is 0.779. The maximum absolute atomic E-state index is 5.91. The van der Waals surface area contributed by atoms with Crippen LogP contribution in [0, 0.1) is 0 Å². The molecule has 0 unspecified atom stereocenters. The molecule has 5 nitrogen and oxygen atoms in total. The molecule has 2 aromatic heterocycles. The van der Waals surface area contributed by atoms with Gasteiger partial charge in [-0.1, -0.05) is 42.5 Å². The zero-order chi connectivity index (χ0) is 17.8. The van der Waals surface area contributed by atoms with Crippen molar-refractivity contribution in [3.8, 4) is 28.3 Å². The summed E-state index contributed by atoms with van der Waals surface area (Å²) in [4.78, 5) is 8.19. The Kier molecular flexibility index (Phi) is 4.62. The van der Waals surface area contributed by atoms with E-state index in [-0.39, 0.29) is 5.28 Å². The van der Waals surface area contributed by atoms with Gasteiger partial charge < -0.3 is 4.74 Å². The number of H-pyrrole nitrogens is 1. The normalized spacial score (nSPS) is 10.7. The number of nitrogens with one attached hydrogen (secondary N) is 1. The van der Waals surface area contributed by atoms with Crippen LogP contribution in [-0.2, 0) is 6.61 Å². The van der Waals surface area contributed by atoms with Crippen LogP contribution in [0.25, 0.3) is 22.5 Å². The number of rotatable bonds is 5. The highest BCUT2D eigenvalue weighted by Gasteiger charge is 2.13. The Morgan fingerprint density at radius 1 is 1.00 bits per heavy atom. The van der Waals surface area contributed by atoms with Crippen molar-refractivity contribution < 1.29 is 4.74 Å². The summed E-state index contributed by atoms with van der Waals surface area (Å²) in [6.45, 7) is 0.513. The fourth-order valence-electron chi connectivity index (χ4n) is 2.66. The molecule has 4 aromatic rings. The molecule has 2 aromatic carbocycles. The zero-order valence-corrected chi connectivity index (χ0v) is 14.5. The lowest BCUT2D eigenvalue weighted by Crippen LogP contribution is -1.95. The minimum Gasteiger partial charge on any atom is -0.489 e. The topological polar surface area (TPSA) is 63.7 Å². The van der Waals surface area contributed by atoms with Crippen molar-refractivity contribution in [2.75, 3.05) is 0 Å². The molecule has 0 spiro atoms. The lowest BCUT2D eigenvalue weighted by molar-refractivity contribution is 0.306. The lowest BCUT2D eigenvalue weighted by Gasteiger charge is -2.08. The Hall–Kier alpha value is -3.18. The van der Waals surface area contributed by atoms with Crippen LogP contribution < -0.4 is 4.74 Å². The Morgan fingerprint density at radius 2 is 1.88 bits per heavy atom. The molecule has 0 saturated carbocycles. The maximum Gasteiger partial charge on any atom is 0.222 e. The number of hydrogen-bond acceptors (Lipinski definition) is 4. The van der Waals surface area contributed by atoms with Crippen LogP contribution in [0.4, 0.5) is 0 Å². The molecular weight excluding hydrogens is 348 g/mol. The monoisotopic (exact) mass is 362 g/mol. The molecular formula is C20H15ClN4O. The first kappa shape index (κ1) is 16.3. The van der Waals surface area contributed by atoms with Gasteiger partial charge in [-0.25, -0.2) is 9.97 Å². The molecule has 2 heterocycles. The van der Waals surface area contributed by atoms with Gasteiger partial charge in [-0.3, -0.25) is 5.10 Å². The van der Waals surface area contributed by atoms with E-state index in [1.165, 1.54) is 0 Å². The summed E-state index contributed by atoms with van der Waals surface area (Å²) in [5, 5.41) is 7.47. The van der Waals surface area contributed by atoms with Gasteiger partial charge in [0.1, 0.15) is 18.1 Å². The van der Waals surface area contributed by atoms with Gasteiger partial charge in [0.2, 0.25) is 5.28 Å². The molecule has 4 rings (SSSR count). The van der Waals surface area contributed by atoms with Gasteiger partial charge in [0.25, 0.3) is 0 Å². The van der Waals surface area contributed by atoms with E-state index in [9.17, 15) is 0 Å². The van der Waals surface area contributed by atoms with E-state index >= 15 is 0 Å². The molecule has 0 saturated heterocycles. The van der Waals surface area contributed by atoms with E-state index in [4.69, 9.17) is 16.3 Å². The SMILES string of the molecule is Clc1nccc(-c2c[nH]nc2-c2cccc(OCc3ccccc3)c2)n1. The van der Waals surface area contributed by atoms with Gasteiger partial charge in [-0.2, -0.15) is 5.10 Å². The van der Waals surface area contributed by atoms with Crippen LogP contribution in [0.5, 0.6) is 5.75 Å². The van der Waals surface area contributed by atoms with Crippen molar-refractivity contribution in [1.82, 2.24) is 20.2 Å². The van der Waals surface area contributed by atoms with E-state index in [1.807, 2.05) is 54.6 Å². The molecule has 128 valence electrons. The molecule has 0 radical (unpaired) electrons. The van der Waals surface area contributed by atoms with Crippen LogP contribution in [-0.4, -0.2) is 20.2 Å². The average molecular weight is 363 g/mol. The molecule has 0 bridgehead atoms. The van der Waals surface area contributed by atoms with Gasteiger partial charge in [-0.15, -0.1) is 0 Å².